The first-order valence-corrected chi connectivity index (χ1v) is 12.5. The summed E-state index contributed by atoms with van der Waals surface area (Å²) >= 11 is 0. The topological polar surface area (TPSA) is 78.1 Å². The fourth-order valence-electron chi connectivity index (χ4n) is 4.62. The standard InChI is InChI=1S/C24H27FN2O4S/c1-15(2)26-21-12-17(22(28)13-24(4)9-10-32(30,31)14-24)6-8-19(21)27(23(26)29)20-11-16(3)5-7-18(20)25/h5-8,11-12,15H,9-10,13-14H2,1-4H3/t24-/m0/s1. The van der Waals surface area contributed by atoms with E-state index in [2.05, 4.69) is 0 Å². The van der Waals surface area contributed by atoms with Crippen LogP contribution in [0.3, 0.4) is 0 Å². The van der Waals surface area contributed by atoms with E-state index >= 15 is 0 Å². The summed E-state index contributed by atoms with van der Waals surface area (Å²) in [5.41, 5.74) is 1.50. The molecular formula is C24H27FN2O4S. The van der Waals surface area contributed by atoms with Crippen LogP contribution in [0.15, 0.2) is 41.2 Å². The van der Waals surface area contributed by atoms with E-state index in [0.717, 1.165) is 5.56 Å². The molecule has 0 radical (unpaired) electrons. The second-order valence-corrected chi connectivity index (χ2v) is 11.7. The lowest BCUT2D eigenvalue weighted by Gasteiger charge is -2.20. The summed E-state index contributed by atoms with van der Waals surface area (Å²) in [7, 11) is -3.11. The van der Waals surface area contributed by atoms with Gasteiger partial charge in [-0.2, -0.15) is 0 Å². The summed E-state index contributed by atoms with van der Waals surface area (Å²) in [5, 5.41) is 0. The molecule has 0 N–H and O–H groups in total. The van der Waals surface area contributed by atoms with Crippen LogP contribution in [0, 0.1) is 18.2 Å². The van der Waals surface area contributed by atoms with Crippen LogP contribution in [0.1, 0.15) is 55.6 Å². The Bertz CT molecular complexity index is 1400. The van der Waals surface area contributed by atoms with E-state index in [-0.39, 0.29) is 41.1 Å². The quantitative estimate of drug-likeness (QED) is 0.537. The maximum atomic E-state index is 14.6. The first kappa shape index (κ1) is 22.5. The van der Waals surface area contributed by atoms with Gasteiger partial charge in [-0.25, -0.2) is 17.6 Å². The predicted molar refractivity (Wildman–Crippen MR) is 123 cm³/mol. The summed E-state index contributed by atoms with van der Waals surface area (Å²) in [6.45, 7) is 7.37. The molecule has 3 aromatic rings. The Kier molecular flexibility index (Phi) is 5.40. The molecule has 6 nitrogen and oxygen atoms in total. The van der Waals surface area contributed by atoms with Crippen molar-refractivity contribution in [2.75, 3.05) is 11.5 Å². The molecule has 1 saturated heterocycles. The first-order valence-electron chi connectivity index (χ1n) is 10.7. The molecule has 0 bridgehead atoms. The zero-order valence-corrected chi connectivity index (χ0v) is 19.5. The molecule has 1 aliphatic rings. The number of carbonyl (C=O) groups excluding carboxylic acids is 1. The summed E-state index contributed by atoms with van der Waals surface area (Å²) in [4.78, 5) is 26.3. The summed E-state index contributed by atoms with van der Waals surface area (Å²) in [6, 6.07) is 9.36. The molecule has 1 aromatic heterocycles. The van der Waals surface area contributed by atoms with E-state index in [4.69, 9.17) is 0 Å². The van der Waals surface area contributed by atoms with Gasteiger partial charge in [0.15, 0.2) is 15.6 Å². The third-order valence-corrected chi connectivity index (χ3v) is 8.19. The van der Waals surface area contributed by atoms with Gasteiger partial charge < -0.3 is 0 Å². The van der Waals surface area contributed by atoms with Gasteiger partial charge in [-0.1, -0.05) is 13.0 Å². The number of halogens is 1. The van der Waals surface area contributed by atoms with Gasteiger partial charge in [0.1, 0.15) is 5.82 Å². The fraction of sp³-hybridized carbons (Fsp3) is 0.417. The Morgan fingerprint density at radius 3 is 2.50 bits per heavy atom. The molecular weight excluding hydrogens is 431 g/mol. The van der Waals surface area contributed by atoms with Crippen LogP contribution in [0.5, 0.6) is 0 Å². The summed E-state index contributed by atoms with van der Waals surface area (Å²) < 4.78 is 41.3. The monoisotopic (exact) mass is 458 g/mol. The zero-order valence-electron chi connectivity index (χ0n) is 18.7. The van der Waals surface area contributed by atoms with Gasteiger partial charge in [-0.15, -0.1) is 0 Å². The maximum Gasteiger partial charge on any atom is 0.334 e. The van der Waals surface area contributed by atoms with Gasteiger partial charge in [0, 0.05) is 18.0 Å². The largest absolute Gasteiger partial charge is 0.334 e. The van der Waals surface area contributed by atoms with Crippen LogP contribution in [0.4, 0.5) is 4.39 Å². The van der Waals surface area contributed by atoms with Gasteiger partial charge >= 0.3 is 5.69 Å². The Hall–Kier alpha value is -2.74. The van der Waals surface area contributed by atoms with Crippen molar-refractivity contribution in [3.63, 3.8) is 0 Å². The van der Waals surface area contributed by atoms with Crippen molar-refractivity contribution in [2.24, 2.45) is 5.41 Å². The van der Waals surface area contributed by atoms with Crippen molar-refractivity contribution in [1.82, 2.24) is 9.13 Å². The summed E-state index contributed by atoms with van der Waals surface area (Å²) in [6.07, 6.45) is 0.583. The molecule has 0 amide bonds. The number of nitrogens with zero attached hydrogens (tertiary/aromatic N) is 2. The number of Topliss-reactive ketones (excluding diaryl/α,β-unsaturated/α-hetero) is 1. The van der Waals surface area contributed by atoms with Gasteiger partial charge in [0.2, 0.25) is 0 Å². The zero-order chi connectivity index (χ0) is 23.4. The Morgan fingerprint density at radius 2 is 1.88 bits per heavy atom. The molecule has 0 spiro atoms. The fourth-order valence-corrected chi connectivity index (χ4v) is 6.88. The van der Waals surface area contributed by atoms with Crippen molar-refractivity contribution in [2.45, 2.75) is 46.6 Å². The number of carbonyl (C=O) groups is 1. The van der Waals surface area contributed by atoms with Crippen molar-refractivity contribution >= 4 is 26.7 Å². The highest BCUT2D eigenvalue weighted by Gasteiger charge is 2.40. The number of fused-ring (bicyclic) bond motifs is 1. The Balaban J connectivity index is 1.83. The lowest BCUT2D eigenvalue weighted by molar-refractivity contribution is 0.0934. The van der Waals surface area contributed by atoms with E-state index in [9.17, 15) is 22.4 Å². The highest BCUT2D eigenvalue weighted by molar-refractivity contribution is 7.91. The van der Waals surface area contributed by atoms with Crippen LogP contribution < -0.4 is 5.69 Å². The minimum absolute atomic E-state index is 0.00764. The minimum atomic E-state index is -3.11. The van der Waals surface area contributed by atoms with Gasteiger partial charge in [-0.3, -0.25) is 13.9 Å². The van der Waals surface area contributed by atoms with Crippen LogP contribution >= 0.6 is 0 Å². The van der Waals surface area contributed by atoms with Crippen molar-refractivity contribution in [3.05, 3.63) is 63.8 Å². The third-order valence-electron chi connectivity index (χ3n) is 6.23. The van der Waals surface area contributed by atoms with E-state index in [1.807, 2.05) is 27.7 Å². The minimum Gasteiger partial charge on any atom is -0.294 e. The molecule has 8 heteroatoms. The van der Waals surface area contributed by atoms with E-state index < -0.39 is 21.1 Å². The number of ketones is 1. The van der Waals surface area contributed by atoms with Crippen molar-refractivity contribution in [3.8, 4) is 5.69 Å². The number of rotatable bonds is 5. The molecule has 1 atom stereocenters. The molecule has 1 aliphatic heterocycles. The highest BCUT2D eigenvalue weighted by atomic mass is 32.2. The normalized spacial score (nSPS) is 20.3. The van der Waals surface area contributed by atoms with E-state index in [1.54, 1.807) is 34.9 Å². The van der Waals surface area contributed by atoms with E-state index in [0.29, 0.717) is 23.0 Å². The lowest BCUT2D eigenvalue weighted by Crippen LogP contribution is -2.25. The number of aryl methyl sites for hydroxylation is 1. The second-order valence-electron chi connectivity index (χ2n) is 9.49. The molecule has 1 fully saturated rings. The average Bonchev–Trinajstić information content (AvgIpc) is 3.14. The number of sulfone groups is 1. The molecule has 0 unspecified atom stereocenters. The number of aromatic nitrogens is 2. The molecule has 32 heavy (non-hydrogen) atoms. The van der Waals surface area contributed by atoms with Crippen molar-refractivity contribution in [1.29, 1.82) is 0 Å². The average molecular weight is 459 g/mol. The molecule has 4 rings (SSSR count). The lowest BCUT2D eigenvalue weighted by atomic mass is 9.83. The molecule has 2 heterocycles. The summed E-state index contributed by atoms with van der Waals surface area (Å²) in [5.74, 6) is -0.554. The Labute approximate surface area is 186 Å². The molecule has 0 aliphatic carbocycles. The van der Waals surface area contributed by atoms with Crippen LogP contribution in [-0.2, 0) is 9.84 Å². The SMILES string of the molecule is Cc1ccc(F)c(-n2c(=O)n(C(C)C)c3cc(C(=O)C[C@]4(C)CCS(=O)(=O)C4)ccc32)c1. The van der Waals surface area contributed by atoms with Crippen LogP contribution in [0.2, 0.25) is 0 Å². The maximum absolute atomic E-state index is 14.6. The molecule has 0 saturated carbocycles. The second kappa shape index (κ2) is 7.69. The smallest absolute Gasteiger partial charge is 0.294 e. The first-order chi connectivity index (χ1) is 14.9. The number of benzene rings is 2. The molecule has 2 aromatic carbocycles. The van der Waals surface area contributed by atoms with Gasteiger partial charge in [0.25, 0.3) is 0 Å². The number of hydrogen-bond acceptors (Lipinski definition) is 4. The number of imidazole rings is 1. The Morgan fingerprint density at radius 1 is 1.16 bits per heavy atom. The van der Waals surface area contributed by atoms with Crippen LogP contribution in [0.25, 0.3) is 16.7 Å². The molecule has 170 valence electrons. The van der Waals surface area contributed by atoms with E-state index in [1.165, 1.54) is 10.6 Å². The third kappa shape index (κ3) is 3.92. The predicted octanol–water partition coefficient (Wildman–Crippen LogP) is 4.22. The van der Waals surface area contributed by atoms with Crippen LogP contribution in [-0.4, -0.2) is 34.8 Å². The van der Waals surface area contributed by atoms with Crippen molar-refractivity contribution < 1.29 is 17.6 Å². The van der Waals surface area contributed by atoms with Gasteiger partial charge in [0.05, 0.1) is 28.2 Å². The number of hydrogen-bond donors (Lipinski definition) is 0. The highest BCUT2D eigenvalue weighted by Crippen LogP contribution is 2.36. The van der Waals surface area contributed by atoms with Gasteiger partial charge in [-0.05, 0) is 68.5 Å².